The number of aromatic nitrogens is 3. The third-order valence-electron chi connectivity index (χ3n) is 3.28. The number of carbonyl (C=O) groups excluding carboxylic acids is 2. The highest BCUT2D eigenvalue weighted by Gasteiger charge is 2.13. The summed E-state index contributed by atoms with van der Waals surface area (Å²) in [5.41, 5.74) is 2.90. The number of amides is 2. The van der Waals surface area contributed by atoms with Gasteiger partial charge < -0.3 is 10.6 Å². The maximum Gasteiger partial charge on any atom is 0.273 e. The summed E-state index contributed by atoms with van der Waals surface area (Å²) in [5.74, 6) is -0.387. The van der Waals surface area contributed by atoms with Crippen molar-refractivity contribution >= 4 is 44.2 Å². The molecule has 118 valence electrons. The number of nitrogens with one attached hydrogen (secondary N) is 2. The summed E-state index contributed by atoms with van der Waals surface area (Å²) in [4.78, 5) is 27.8. The van der Waals surface area contributed by atoms with Crippen LogP contribution in [-0.4, -0.2) is 26.6 Å². The molecule has 8 heteroatoms. The standard InChI is InChI=1S/C15H15N5O2S/c1-8-6-10(18-14(22)11-4-5-16-20(11)3)7-12-13(8)19-15(23-12)17-9(2)21/h4-7H,1-3H3,(H,18,22)(H,17,19,21). The number of aryl methyl sites for hydroxylation is 2. The lowest BCUT2D eigenvalue weighted by atomic mass is 10.2. The number of hydrogen-bond acceptors (Lipinski definition) is 5. The van der Waals surface area contributed by atoms with Crippen LogP contribution in [0.5, 0.6) is 0 Å². The van der Waals surface area contributed by atoms with E-state index in [4.69, 9.17) is 0 Å². The number of hydrogen-bond donors (Lipinski definition) is 2. The summed E-state index contributed by atoms with van der Waals surface area (Å²) in [6, 6.07) is 5.36. The van der Waals surface area contributed by atoms with E-state index < -0.39 is 0 Å². The first-order valence-corrected chi connectivity index (χ1v) is 7.74. The second-order valence-corrected chi connectivity index (χ2v) is 6.16. The first kappa shape index (κ1) is 15.2. The fourth-order valence-corrected chi connectivity index (χ4v) is 3.29. The van der Waals surface area contributed by atoms with Crippen molar-refractivity contribution in [2.75, 3.05) is 10.6 Å². The van der Waals surface area contributed by atoms with Gasteiger partial charge in [0.25, 0.3) is 5.91 Å². The van der Waals surface area contributed by atoms with E-state index in [1.165, 1.54) is 22.9 Å². The van der Waals surface area contributed by atoms with Crippen molar-refractivity contribution in [1.82, 2.24) is 14.8 Å². The van der Waals surface area contributed by atoms with E-state index in [0.717, 1.165) is 15.8 Å². The third-order valence-corrected chi connectivity index (χ3v) is 4.20. The van der Waals surface area contributed by atoms with Crippen LogP contribution in [-0.2, 0) is 11.8 Å². The Hall–Kier alpha value is -2.74. The summed E-state index contributed by atoms with van der Waals surface area (Å²) < 4.78 is 2.41. The van der Waals surface area contributed by atoms with Gasteiger partial charge in [-0.3, -0.25) is 14.3 Å². The van der Waals surface area contributed by atoms with Gasteiger partial charge in [0, 0.05) is 25.9 Å². The second-order valence-electron chi connectivity index (χ2n) is 5.13. The fourth-order valence-electron chi connectivity index (χ4n) is 2.26. The highest BCUT2D eigenvalue weighted by molar-refractivity contribution is 7.22. The lowest BCUT2D eigenvalue weighted by molar-refractivity contribution is -0.114. The van der Waals surface area contributed by atoms with E-state index in [1.54, 1.807) is 19.3 Å². The summed E-state index contributed by atoms with van der Waals surface area (Å²) >= 11 is 1.37. The van der Waals surface area contributed by atoms with Crippen molar-refractivity contribution in [1.29, 1.82) is 0 Å². The van der Waals surface area contributed by atoms with Gasteiger partial charge in [-0.05, 0) is 30.7 Å². The van der Waals surface area contributed by atoms with Crippen molar-refractivity contribution in [2.24, 2.45) is 7.05 Å². The van der Waals surface area contributed by atoms with E-state index in [-0.39, 0.29) is 11.8 Å². The van der Waals surface area contributed by atoms with Crippen LogP contribution in [0.3, 0.4) is 0 Å². The molecule has 2 aromatic heterocycles. The predicted molar refractivity (Wildman–Crippen MR) is 89.8 cm³/mol. The molecule has 0 spiro atoms. The van der Waals surface area contributed by atoms with Crippen LogP contribution in [0, 0.1) is 6.92 Å². The minimum Gasteiger partial charge on any atom is -0.321 e. The number of nitrogens with zero attached hydrogens (tertiary/aromatic N) is 3. The van der Waals surface area contributed by atoms with E-state index >= 15 is 0 Å². The minimum absolute atomic E-state index is 0.161. The zero-order chi connectivity index (χ0) is 16.6. The molecule has 23 heavy (non-hydrogen) atoms. The largest absolute Gasteiger partial charge is 0.321 e. The Morgan fingerprint density at radius 2 is 2.04 bits per heavy atom. The van der Waals surface area contributed by atoms with Crippen LogP contribution >= 0.6 is 11.3 Å². The van der Waals surface area contributed by atoms with Crippen LogP contribution in [0.1, 0.15) is 23.0 Å². The Morgan fingerprint density at radius 3 is 2.70 bits per heavy atom. The van der Waals surface area contributed by atoms with Gasteiger partial charge in [-0.25, -0.2) is 4.98 Å². The fraction of sp³-hybridized carbons (Fsp3) is 0.200. The van der Waals surface area contributed by atoms with Gasteiger partial charge in [-0.15, -0.1) is 0 Å². The monoisotopic (exact) mass is 329 g/mol. The van der Waals surface area contributed by atoms with Gasteiger partial charge in [-0.1, -0.05) is 11.3 Å². The Bertz CT molecular complexity index is 912. The van der Waals surface area contributed by atoms with Crippen molar-refractivity contribution < 1.29 is 9.59 Å². The second kappa shape index (κ2) is 5.81. The van der Waals surface area contributed by atoms with Gasteiger partial charge >= 0.3 is 0 Å². The van der Waals surface area contributed by atoms with Crippen LogP contribution in [0.4, 0.5) is 10.8 Å². The first-order chi connectivity index (χ1) is 10.9. The first-order valence-electron chi connectivity index (χ1n) is 6.92. The van der Waals surface area contributed by atoms with E-state index in [9.17, 15) is 9.59 Å². The number of anilines is 2. The number of carbonyl (C=O) groups is 2. The normalized spacial score (nSPS) is 10.7. The number of thiazole rings is 1. The molecule has 7 nitrogen and oxygen atoms in total. The topological polar surface area (TPSA) is 88.9 Å². The average Bonchev–Trinajstić information content (AvgIpc) is 3.04. The van der Waals surface area contributed by atoms with Gasteiger partial charge in [0.1, 0.15) is 5.69 Å². The van der Waals surface area contributed by atoms with Crippen molar-refractivity contribution in [3.8, 4) is 0 Å². The Kier molecular flexibility index (Phi) is 3.83. The third kappa shape index (κ3) is 3.07. The molecule has 2 heterocycles. The average molecular weight is 329 g/mol. The maximum absolute atomic E-state index is 12.3. The highest BCUT2D eigenvalue weighted by Crippen LogP contribution is 2.31. The van der Waals surface area contributed by atoms with Crippen LogP contribution in [0.2, 0.25) is 0 Å². The molecule has 0 bridgehead atoms. The molecule has 3 aromatic rings. The van der Waals surface area contributed by atoms with Gasteiger partial charge in [-0.2, -0.15) is 5.10 Å². The summed E-state index contributed by atoms with van der Waals surface area (Å²) in [7, 11) is 1.71. The molecule has 0 unspecified atom stereocenters. The molecule has 2 N–H and O–H groups in total. The molecule has 0 atom stereocenters. The molecule has 0 radical (unpaired) electrons. The van der Waals surface area contributed by atoms with Crippen molar-refractivity contribution in [3.05, 3.63) is 35.7 Å². The minimum atomic E-state index is -0.227. The van der Waals surface area contributed by atoms with E-state index in [0.29, 0.717) is 16.5 Å². The zero-order valence-corrected chi connectivity index (χ0v) is 13.7. The highest BCUT2D eigenvalue weighted by atomic mass is 32.1. The number of benzene rings is 1. The molecular formula is C15H15N5O2S. The van der Waals surface area contributed by atoms with Crippen LogP contribution in [0.25, 0.3) is 10.2 Å². The van der Waals surface area contributed by atoms with Crippen molar-refractivity contribution in [3.63, 3.8) is 0 Å². The maximum atomic E-state index is 12.3. The molecule has 2 amide bonds. The van der Waals surface area contributed by atoms with Gasteiger partial charge in [0.15, 0.2) is 5.13 Å². The van der Waals surface area contributed by atoms with Crippen LogP contribution < -0.4 is 10.6 Å². The molecule has 0 aliphatic carbocycles. The molecule has 0 aliphatic heterocycles. The molecule has 0 saturated heterocycles. The Labute approximate surface area is 136 Å². The molecule has 0 saturated carbocycles. The zero-order valence-electron chi connectivity index (χ0n) is 12.9. The van der Waals surface area contributed by atoms with E-state index in [1.807, 2.05) is 19.1 Å². The smallest absolute Gasteiger partial charge is 0.273 e. The lowest BCUT2D eigenvalue weighted by Gasteiger charge is -2.06. The molecule has 0 aliphatic rings. The quantitative estimate of drug-likeness (QED) is 0.773. The lowest BCUT2D eigenvalue weighted by Crippen LogP contribution is -2.16. The molecule has 3 rings (SSSR count). The summed E-state index contributed by atoms with van der Waals surface area (Å²) in [6.07, 6.45) is 1.58. The number of rotatable bonds is 3. The van der Waals surface area contributed by atoms with E-state index in [2.05, 4.69) is 20.7 Å². The summed E-state index contributed by atoms with van der Waals surface area (Å²) in [5, 5.41) is 10.1. The van der Waals surface area contributed by atoms with Gasteiger partial charge in [0.2, 0.25) is 5.91 Å². The molecule has 0 fully saturated rings. The van der Waals surface area contributed by atoms with Gasteiger partial charge in [0.05, 0.1) is 10.2 Å². The van der Waals surface area contributed by atoms with Crippen LogP contribution in [0.15, 0.2) is 24.4 Å². The molecule has 1 aromatic carbocycles. The number of fused-ring (bicyclic) bond motifs is 1. The Balaban J connectivity index is 1.91. The Morgan fingerprint density at radius 1 is 1.26 bits per heavy atom. The predicted octanol–water partition coefficient (Wildman–Crippen LogP) is 2.55. The van der Waals surface area contributed by atoms with Crippen molar-refractivity contribution in [2.45, 2.75) is 13.8 Å². The summed E-state index contributed by atoms with van der Waals surface area (Å²) in [6.45, 7) is 3.36. The molecular weight excluding hydrogens is 314 g/mol. The SMILES string of the molecule is CC(=O)Nc1nc2c(C)cc(NC(=O)c3ccnn3C)cc2s1.